The van der Waals surface area contributed by atoms with E-state index in [0.29, 0.717) is 24.8 Å². The molecule has 0 amide bonds. The molecule has 0 bridgehead atoms. The third kappa shape index (κ3) is 5.73. The maximum atomic E-state index is 8.88. The highest BCUT2D eigenvalue weighted by Crippen LogP contribution is 2.20. The molecule has 4 nitrogen and oxygen atoms in total. The van der Waals surface area contributed by atoms with E-state index in [-0.39, 0.29) is 0 Å². The van der Waals surface area contributed by atoms with Crippen LogP contribution in [0, 0.1) is 11.3 Å². The monoisotopic (exact) mass is 262 g/mol. The van der Waals surface area contributed by atoms with Crippen LogP contribution in [-0.2, 0) is 11.3 Å². The van der Waals surface area contributed by atoms with Gasteiger partial charge in [-0.3, -0.25) is 0 Å². The number of benzene rings is 1. The summed E-state index contributed by atoms with van der Waals surface area (Å²) in [5.41, 5.74) is 1.54. The molecule has 104 valence electrons. The summed E-state index contributed by atoms with van der Waals surface area (Å²) in [6.07, 6.45) is 0.971. The molecule has 0 aliphatic rings. The Kier molecular flexibility index (Phi) is 6.94. The number of methoxy groups -OCH3 is 1. The van der Waals surface area contributed by atoms with Crippen molar-refractivity contribution in [1.29, 1.82) is 5.26 Å². The maximum absolute atomic E-state index is 8.88. The van der Waals surface area contributed by atoms with E-state index in [2.05, 4.69) is 25.2 Å². The summed E-state index contributed by atoms with van der Waals surface area (Å²) >= 11 is 0. The maximum Gasteiger partial charge on any atom is 0.124 e. The topological polar surface area (TPSA) is 54.3 Å². The molecule has 1 rings (SSSR count). The fourth-order valence-corrected chi connectivity index (χ4v) is 1.71. The van der Waals surface area contributed by atoms with Gasteiger partial charge >= 0.3 is 0 Å². The highest BCUT2D eigenvalue weighted by molar-refractivity contribution is 5.41. The predicted molar refractivity (Wildman–Crippen MR) is 75.1 cm³/mol. The summed E-state index contributed by atoms with van der Waals surface area (Å²) < 4.78 is 10.9. The fourth-order valence-electron chi connectivity index (χ4n) is 1.71. The second kappa shape index (κ2) is 8.52. The second-order valence-corrected chi connectivity index (χ2v) is 4.65. The third-order valence-electron chi connectivity index (χ3n) is 2.69. The van der Waals surface area contributed by atoms with E-state index >= 15 is 0 Å². The summed E-state index contributed by atoms with van der Waals surface area (Å²) in [6, 6.07) is 7.99. The van der Waals surface area contributed by atoms with Crippen molar-refractivity contribution in [1.82, 2.24) is 5.32 Å². The van der Waals surface area contributed by atoms with Crippen LogP contribution in [0.1, 0.15) is 31.4 Å². The Morgan fingerprint density at radius 2 is 2.16 bits per heavy atom. The Morgan fingerprint density at radius 1 is 1.37 bits per heavy atom. The zero-order valence-corrected chi connectivity index (χ0v) is 11.9. The van der Waals surface area contributed by atoms with Crippen molar-refractivity contribution < 1.29 is 9.47 Å². The molecule has 0 atom stereocenters. The molecule has 0 aliphatic heterocycles. The minimum absolute atomic E-state index is 0.473. The summed E-state index contributed by atoms with van der Waals surface area (Å²) in [7, 11) is 1.62. The lowest BCUT2D eigenvalue weighted by molar-refractivity contribution is 0.116. The molecule has 0 saturated carbocycles. The van der Waals surface area contributed by atoms with E-state index in [0.717, 1.165) is 24.3 Å². The first-order chi connectivity index (χ1) is 9.17. The Morgan fingerprint density at radius 3 is 2.79 bits per heavy atom. The van der Waals surface area contributed by atoms with Crippen LogP contribution in [0.3, 0.4) is 0 Å². The van der Waals surface area contributed by atoms with Crippen LogP contribution in [0.5, 0.6) is 5.75 Å². The molecule has 0 unspecified atom stereocenters. The van der Waals surface area contributed by atoms with Gasteiger partial charge in [0.1, 0.15) is 5.75 Å². The number of hydrogen-bond acceptors (Lipinski definition) is 4. The Labute approximate surface area is 115 Å². The Hall–Kier alpha value is -1.57. The SMILES string of the molecule is COc1ccc(C#N)cc1COCCCNC(C)C. The van der Waals surface area contributed by atoms with Crippen LogP contribution >= 0.6 is 0 Å². The van der Waals surface area contributed by atoms with Crippen molar-refractivity contribution >= 4 is 0 Å². The number of hydrogen-bond donors (Lipinski definition) is 1. The molecular weight excluding hydrogens is 240 g/mol. The summed E-state index contributed by atoms with van der Waals surface area (Å²) in [5, 5.41) is 12.2. The average molecular weight is 262 g/mol. The molecule has 1 aromatic carbocycles. The quantitative estimate of drug-likeness (QED) is 0.731. The molecule has 0 spiro atoms. The van der Waals surface area contributed by atoms with Crippen molar-refractivity contribution in [2.45, 2.75) is 32.9 Å². The molecule has 0 saturated heterocycles. The smallest absolute Gasteiger partial charge is 0.124 e. The van der Waals surface area contributed by atoms with E-state index < -0.39 is 0 Å². The van der Waals surface area contributed by atoms with Crippen LogP contribution in [0.25, 0.3) is 0 Å². The van der Waals surface area contributed by atoms with E-state index in [4.69, 9.17) is 14.7 Å². The molecule has 0 fully saturated rings. The summed E-state index contributed by atoms with van der Waals surface area (Å²) in [4.78, 5) is 0. The van der Waals surface area contributed by atoms with E-state index in [1.807, 2.05) is 6.07 Å². The van der Waals surface area contributed by atoms with E-state index in [9.17, 15) is 0 Å². The summed E-state index contributed by atoms with van der Waals surface area (Å²) in [5.74, 6) is 0.763. The van der Waals surface area contributed by atoms with Gasteiger partial charge in [-0.2, -0.15) is 5.26 Å². The van der Waals surface area contributed by atoms with Crippen molar-refractivity contribution in [3.63, 3.8) is 0 Å². The van der Waals surface area contributed by atoms with Gasteiger partial charge in [0.2, 0.25) is 0 Å². The molecule has 1 N–H and O–H groups in total. The number of nitriles is 1. The number of nitrogens with one attached hydrogen (secondary N) is 1. The average Bonchev–Trinajstić information content (AvgIpc) is 2.42. The van der Waals surface area contributed by atoms with Gasteiger partial charge in [-0.15, -0.1) is 0 Å². The minimum atomic E-state index is 0.473. The van der Waals surface area contributed by atoms with E-state index in [1.165, 1.54) is 0 Å². The predicted octanol–water partition coefficient (Wildman–Crippen LogP) is 2.47. The van der Waals surface area contributed by atoms with Crippen LogP contribution in [-0.4, -0.2) is 26.3 Å². The first-order valence-electron chi connectivity index (χ1n) is 6.55. The summed E-state index contributed by atoms with van der Waals surface area (Å²) in [6.45, 7) is 6.37. The van der Waals surface area contributed by atoms with Crippen LogP contribution in [0.15, 0.2) is 18.2 Å². The van der Waals surface area contributed by atoms with Crippen molar-refractivity contribution in [2.75, 3.05) is 20.3 Å². The van der Waals surface area contributed by atoms with E-state index in [1.54, 1.807) is 19.2 Å². The molecule has 19 heavy (non-hydrogen) atoms. The minimum Gasteiger partial charge on any atom is -0.496 e. The van der Waals surface area contributed by atoms with Crippen molar-refractivity contribution in [3.8, 4) is 11.8 Å². The first-order valence-corrected chi connectivity index (χ1v) is 6.55. The van der Waals surface area contributed by atoms with Gasteiger partial charge in [-0.05, 0) is 31.2 Å². The molecule has 0 aliphatic carbocycles. The molecule has 0 aromatic heterocycles. The fraction of sp³-hybridized carbons (Fsp3) is 0.533. The normalized spacial score (nSPS) is 10.5. The zero-order valence-electron chi connectivity index (χ0n) is 11.9. The van der Waals surface area contributed by atoms with Gasteiger partial charge in [-0.1, -0.05) is 13.8 Å². The lowest BCUT2D eigenvalue weighted by Crippen LogP contribution is -2.24. The van der Waals surface area contributed by atoms with Gasteiger partial charge in [0.25, 0.3) is 0 Å². The van der Waals surface area contributed by atoms with Gasteiger partial charge in [-0.25, -0.2) is 0 Å². The van der Waals surface area contributed by atoms with Crippen LogP contribution < -0.4 is 10.1 Å². The molecule has 0 radical (unpaired) electrons. The standard InChI is InChI=1S/C15H22N2O2/c1-12(2)17-7-4-8-19-11-14-9-13(10-16)5-6-15(14)18-3/h5-6,9,12,17H,4,7-8,11H2,1-3H3. The third-order valence-corrected chi connectivity index (χ3v) is 2.69. The lowest BCUT2D eigenvalue weighted by Gasteiger charge is -2.10. The van der Waals surface area contributed by atoms with Crippen molar-refractivity contribution in [3.05, 3.63) is 29.3 Å². The van der Waals surface area contributed by atoms with Crippen LogP contribution in [0.2, 0.25) is 0 Å². The highest BCUT2D eigenvalue weighted by atomic mass is 16.5. The van der Waals surface area contributed by atoms with Gasteiger partial charge in [0, 0.05) is 18.2 Å². The number of rotatable bonds is 8. The molecule has 1 aromatic rings. The first kappa shape index (κ1) is 15.5. The van der Waals surface area contributed by atoms with Crippen LogP contribution in [0.4, 0.5) is 0 Å². The molecule has 4 heteroatoms. The van der Waals surface area contributed by atoms with Gasteiger partial charge in [0.15, 0.2) is 0 Å². The van der Waals surface area contributed by atoms with Crippen molar-refractivity contribution in [2.24, 2.45) is 0 Å². The largest absolute Gasteiger partial charge is 0.496 e. The molecule has 0 heterocycles. The lowest BCUT2D eigenvalue weighted by atomic mass is 10.1. The number of nitrogens with zero attached hydrogens (tertiary/aromatic N) is 1. The zero-order chi connectivity index (χ0) is 14.1. The van der Waals surface area contributed by atoms with Gasteiger partial charge in [0.05, 0.1) is 25.3 Å². The molecular formula is C15H22N2O2. The van der Waals surface area contributed by atoms with Gasteiger partial charge < -0.3 is 14.8 Å². The second-order valence-electron chi connectivity index (χ2n) is 4.65. The Balaban J connectivity index is 2.38. The Bertz CT molecular complexity index is 425. The highest BCUT2D eigenvalue weighted by Gasteiger charge is 2.04. The number of ether oxygens (including phenoxy) is 2.